The quantitative estimate of drug-likeness (QED) is 0.555. The van der Waals surface area contributed by atoms with Crippen LogP contribution >= 0.6 is 0 Å². The first-order chi connectivity index (χ1) is 12.7. The highest BCUT2D eigenvalue weighted by Gasteiger charge is 2.18. The van der Waals surface area contributed by atoms with Gasteiger partial charge < -0.3 is 4.74 Å². The normalized spacial score (nSPS) is 10.8. The van der Waals surface area contributed by atoms with Crippen molar-refractivity contribution in [3.8, 4) is 22.8 Å². The van der Waals surface area contributed by atoms with Crippen LogP contribution in [0, 0.1) is 6.92 Å². The van der Waals surface area contributed by atoms with E-state index >= 15 is 0 Å². The summed E-state index contributed by atoms with van der Waals surface area (Å²) in [5, 5.41) is 1.56. The van der Waals surface area contributed by atoms with E-state index in [1.807, 2.05) is 73.7 Å². The molecule has 0 fully saturated rings. The van der Waals surface area contributed by atoms with Crippen LogP contribution in [0.15, 0.2) is 77.7 Å². The molecule has 0 N–H and O–H groups in total. The first-order valence-corrected chi connectivity index (χ1v) is 8.41. The number of methoxy groups -OCH3 is 1. The number of hydrogen-bond donors (Lipinski definition) is 0. The lowest BCUT2D eigenvalue weighted by molar-refractivity contribution is 0.412. The summed E-state index contributed by atoms with van der Waals surface area (Å²) in [6.07, 6.45) is 1.73. The third-order valence-electron chi connectivity index (χ3n) is 4.50. The average Bonchev–Trinajstić information content (AvgIpc) is 2.69. The second-order valence-electron chi connectivity index (χ2n) is 6.10. The van der Waals surface area contributed by atoms with Gasteiger partial charge in [0, 0.05) is 11.6 Å². The SMILES string of the molecule is COc1cccc(C)c1-n1c(-c2ccccn2)cc2ccccc2c1=O. The first-order valence-electron chi connectivity index (χ1n) is 8.41. The molecule has 4 rings (SSSR count). The van der Waals surface area contributed by atoms with Gasteiger partial charge in [-0.25, -0.2) is 0 Å². The first kappa shape index (κ1) is 16.1. The van der Waals surface area contributed by atoms with Crippen molar-refractivity contribution in [1.29, 1.82) is 0 Å². The zero-order chi connectivity index (χ0) is 18.1. The number of rotatable bonds is 3. The molecule has 0 aliphatic heterocycles. The largest absolute Gasteiger partial charge is 0.495 e. The van der Waals surface area contributed by atoms with Crippen molar-refractivity contribution < 1.29 is 4.74 Å². The van der Waals surface area contributed by atoms with Gasteiger partial charge >= 0.3 is 0 Å². The lowest BCUT2D eigenvalue weighted by Gasteiger charge is -2.18. The van der Waals surface area contributed by atoms with Gasteiger partial charge in [-0.1, -0.05) is 36.4 Å². The summed E-state index contributed by atoms with van der Waals surface area (Å²) >= 11 is 0. The third-order valence-corrected chi connectivity index (χ3v) is 4.50. The van der Waals surface area contributed by atoms with Crippen LogP contribution in [-0.2, 0) is 0 Å². The summed E-state index contributed by atoms with van der Waals surface area (Å²) in [6, 6.07) is 21.1. The van der Waals surface area contributed by atoms with Gasteiger partial charge in [0.2, 0.25) is 0 Å². The van der Waals surface area contributed by atoms with E-state index in [4.69, 9.17) is 4.74 Å². The highest BCUT2D eigenvalue weighted by molar-refractivity contribution is 5.86. The van der Waals surface area contributed by atoms with Gasteiger partial charge in [-0.15, -0.1) is 0 Å². The number of fused-ring (bicyclic) bond motifs is 1. The Morgan fingerprint density at radius 1 is 0.962 bits per heavy atom. The molecule has 2 aromatic carbocycles. The molecule has 0 amide bonds. The fourth-order valence-electron chi connectivity index (χ4n) is 3.27. The van der Waals surface area contributed by atoms with Crippen molar-refractivity contribution in [3.63, 3.8) is 0 Å². The van der Waals surface area contributed by atoms with Crippen LogP contribution in [0.3, 0.4) is 0 Å². The molecule has 0 atom stereocenters. The van der Waals surface area contributed by atoms with E-state index in [0.29, 0.717) is 11.1 Å². The van der Waals surface area contributed by atoms with E-state index in [0.717, 1.165) is 28.0 Å². The Kier molecular flexibility index (Phi) is 4.01. The standard InChI is InChI=1S/C22H18N2O2/c1-15-8-7-12-20(26-2)21(15)24-19(18-11-5-6-13-23-18)14-16-9-3-4-10-17(16)22(24)25/h3-14H,1-2H3. The van der Waals surface area contributed by atoms with E-state index in [-0.39, 0.29) is 5.56 Å². The lowest BCUT2D eigenvalue weighted by atomic mass is 10.1. The van der Waals surface area contributed by atoms with Crippen molar-refractivity contribution >= 4 is 10.8 Å². The van der Waals surface area contributed by atoms with Crippen molar-refractivity contribution in [2.24, 2.45) is 0 Å². The van der Waals surface area contributed by atoms with Crippen molar-refractivity contribution in [2.45, 2.75) is 6.92 Å². The van der Waals surface area contributed by atoms with Gasteiger partial charge in [0.25, 0.3) is 5.56 Å². The number of hydrogen-bond acceptors (Lipinski definition) is 3. The summed E-state index contributed by atoms with van der Waals surface area (Å²) in [5.74, 6) is 0.652. The average molecular weight is 342 g/mol. The van der Waals surface area contributed by atoms with E-state index in [9.17, 15) is 4.79 Å². The summed E-state index contributed by atoms with van der Waals surface area (Å²) in [4.78, 5) is 17.9. The Hall–Kier alpha value is -3.40. The topological polar surface area (TPSA) is 44.1 Å². The van der Waals surface area contributed by atoms with Crippen LogP contribution in [0.4, 0.5) is 0 Å². The second kappa shape index (κ2) is 6.48. The zero-order valence-corrected chi connectivity index (χ0v) is 14.6. The van der Waals surface area contributed by atoms with Gasteiger partial charge in [-0.2, -0.15) is 0 Å². The van der Waals surface area contributed by atoms with Crippen LogP contribution in [0.25, 0.3) is 27.8 Å². The number of aryl methyl sites for hydroxylation is 1. The number of ether oxygens (including phenoxy) is 1. The molecule has 0 spiro atoms. The van der Waals surface area contributed by atoms with E-state index < -0.39 is 0 Å². The highest BCUT2D eigenvalue weighted by atomic mass is 16.5. The lowest BCUT2D eigenvalue weighted by Crippen LogP contribution is -2.22. The van der Waals surface area contributed by atoms with Crippen LogP contribution in [0.5, 0.6) is 5.75 Å². The van der Waals surface area contributed by atoms with Crippen molar-refractivity contribution in [1.82, 2.24) is 9.55 Å². The van der Waals surface area contributed by atoms with Gasteiger partial charge in [-0.05, 0) is 48.2 Å². The molecule has 0 unspecified atom stereocenters. The predicted octanol–water partition coefficient (Wildman–Crippen LogP) is 4.37. The molecule has 0 saturated carbocycles. The maximum atomic E-state index is 13.4. The minimum absolute atomic E-state index is 0.0867. The Bertz CT molecular complexity index is 1150. The number of benzene rings is 2. The van der Waals surface area contributed by atoms with Gasteiger partial charge in [0.05, 0.1) is 24.2 Å². The maximum absolute atomic E-state index is 13.4. The molecule has 4 aromatic rings. The Morgan fingerprint density at radius 3 is 2.54 bits per heavy atom. The Labute approximate surface area is 151 Å². The minimum Gasteiger partial charge on any atom is -0.495 e. The molecule has 2 aromatic heterocycles. The second-order valence-corrected chi connectivity index (χ2v) is 6.10. The third kappa shape index (κ3) is 2.56. The maximum Gasteiger partial charge on any atom is 0.263 e. The molecule has 26 heavy (non-hydrogen) atoms. The van der Waals surface area contributed by atoms with E-state index in [2.05, 4.69) is 4.98 Å². The molecule has 0 aliphatic rings. The van der Waals surface area contributed by atoms with Crippen LogP contribution in [0.2, 0.25) is 0 Å². The summed E-state index contributed by atoms with van der Waals surface area (Å²) < 4.78 is 7.27. The Morgan fingerprint density at radius 2 is 1.77 bits per heavy atom. The summed E-state index contributed by atoms with van der Waals surface area (Å²) in [6.45, 7) is 1.97. The highest BCUT2D eigenvalue weighted by Crippen LogP contribution is 2.30. The molecule has 0 radical (unpaired) electrons. The molecule has 0 saturated heterocycles. The number of nitrogens with zero attached hydrogens (tertiary/aromatic N) is 2. The molecular formula is C22H18N2O2. The van der Waals surface area contributed by atoms with Gasteiger partial charge in [0.1, 0.15) is 5.75 Å². The molecule has 128 valence electrons. The zero-order valence-electron chi connectivity index (χ0n) is 14.6. The van der Waals surface area contributed by atoms with Crippen LogP contribution < -0.4 is 10.3 Å². The summed E-state index contributed by atoms with van der Waals surface area (Å²) in [5.41, 5.74) is 3.09. The van der Waals surface area contributed by atoms with Gasteiger partial charge in [-0.3, -0.25) is 14.3 Å². The smallest absolute Gasteiger partial charge is 0.263 e. The minimum atomic E-state index is -0.0867. The molecule has 0 bridgehead atoms. The Balaban J connectivity index is 2.18. The number of pyridine rings is 2. The fourth-order valence-corrected chi connectivity index (χ4v) is 3.27. The van der Waals surface area contributed by atoms with Crippen LogP contribution in [0.1, 0.15) is 5.56 Å². The molecular weight excluding hydrogens is 324 g/mol. The number of aromatic nitrogens is 2. The fraction of sp³-hybridized carbons (Fsp3) is 0.0909. The van der Waals surface area contributed by atoms with E-state index in [1.165, 1.54) is 0 Å². The summed E-state index contributed by atoms with van der Waals surface area (Å²) in [7, 11) is 1.62. The van der Waals surface area contributed by atoms with Crippen LogP contribution in [-0.4, -0.2) is 16.7 Å². The van der Waals surface area contributed by atoms with Crippen molar-refractivity contribution in [2.75, 3.05) is 7.11 Å². The van der Waals surface area contributed by atoms with Gasteiger partial charge in [0.15, 0.2) is 0 Å². The number of para-hydroxylation sites is 1. The predicted molar refractivity (Wildman–Crippen MR) is 104 cm³/mol. The van der Waals surface area contributed by atoms with E-state index in [1.54, 1.807) is 17.9 Å². The molecule has 2 heterocycles. The molecule has 4 heteroatoms. The molecule has 0 aliphatic carbocycles. The monoisotopic (exact) mass is 342 g/mol. The van der Waals surface area contributed by atoms with Crippen molar-refractivity contribution in [3.05, 3.63) is 88.8 Å². The molecule has 4 nitrogen and oxygen atoms in total.